The molecule has 1 heterocycles. The van der Waals surface area contributed by atoms with E-state index < -0.39 is 0 Å². The van der Waals surface area contributed by atoms with Crippen molar-refractivity contribution >= 4 is 0 Å². The molecule has 0 aromatic carbocycles. The van der Waals surface area contributed by atoms with Gasteiger partial charge in [0.15, 0.2) is 0 Å². The van der Waals surface area contributed by atoms with Gasteiger partial charge in [-0.05, 0) is 85.9 Å². The maximum Gasteiger partial charge on any atom is 0.103 e. The van der Waals surface area contributed by atoms with Crippen molar-refractivity contribution in [2.24, 2.45) is 46.3 Å². The fourth-order valence-corrected chi connectivity index (χ4v) is 9.68. The van der Waals surface area contributed by atoms with E-state index in [2.05, 4.69) is 34.6 Å². The molecule has 1 N–H and O–H groups in total. The summed E-state index contributed by atoms with van der Waals surface area (Å²) in [6.45, 7) is 12.6. The van der Waals surface area contributed by atoms with E-state index in [4.69, 9.17) is 4.74 Å². The van der Waals surface area contributed by atoms with Gasteiger partial charge in [0, 0.05) is 11.8 Å². The van der Waals surface area contributed by atoms with Crippen LogP contribution in [0.1, 0.15) is 105 Å². The molecule has 1 spiro atoms. The average molecular weight is 403 g/mol. The zero-order valence-electron chi connectivity index (χ0n) is 19.8. The second-order valence-corrected chi connectivity index (χ2v) is 13.0. The number of epoxide rings is 1. The van der Waals surface area contributed by atoms with Crippen molar-refractivity contribution in [3.63, 3.8) is 0 Å². The Hall–Kier alpha value is -0.0800. The topological polar surface area (TPSA) is 32.8 Å². The first-order valence-electron chi connectivity index (χ1n) is 13.1. The molecule has 2 nitrogen and oxygen atoms in total. The molecule has 2 heteroatoms. The van der Waals surface area contributed by atoms with Crippen LogP contribution in [0.25, 0.3) is 0 Å². The van der Waals surface area contributed by atoms with Crippen molar-refractivity contribution < 1.29 is 9.84 Å². The Morgan fingerprint density at radius 1 is 0.966 bits per heavy atom. The molecule has 0 bridgehead atoms. The van der Waals surface area contributed by atoms with Gasteiger partial charge in [0.25, 0.3) is 0 Å². The van der Waals surface area contributed by atoms with Gasteiger partial charge < -0.3 is 9.84 Å². The minimum Gasteiger partial charge on any atom is -0.393 e. The molecule has 2 unspecified atom stereocenters. The molecule has 5 aliphatic rings. The summed E-state index contributed by atoms with van der Waals surface area (Å²) in [5.41, 5.74) is 0.932. The molecule has 0 aromatic heterocycles. The summed E-state index contributed by atoms with van der Waals surface area (Å²) in [6.07, 6.45) is 14.8. The van der Waals surface area contributed by atoms with Gasteiger partial charge in [0.2, 0.25) is 0 Å². The van der Waals surface area contributed by atoms with Gasteiger partial charge in [0.05, 0.1) is 12.2 Å². The molecule has 0 amide bonds. The zero-order chi connectivity index (χ0) is 20.6. The van der Waals surface area contributed by atoms with Crippen LogP contribution in [0, 0.1) is 46.3 Å². The van der Waals surface area contributed by atoms with Crippen LogP contribution in [0.5, 0.6) is 0 Å². The van der Waals surface area contributed by atoms with E-state index in [1.165, 1.54) is 57.8 Å². The van der Waals surface area contributed by atoms with Crippen molar-refractivity contribution in [1.82, 2.24) is 0 Å². The lowest BCUT2D eigenvalue weighted by Crippen LogP contribution is -2.58. The highest BCUT2D eigenvalue weighted by molar-refractivity contribution is 5.24. The van der Waals surface area contributed by atoms with Gasteiger partial charge in [-0.15, -0.1) is 0 Å². The number of hydrogen-bond donors (Lipinski definition) is 1. The first-order chi connectivity index (χ1) is 13.7. The Balaban J connectivity index is 1.33. The first-order valence-corrected chi connectivity index (χ1v) is 13.1. The van der Waals surface area contributed by atoms with Crippen LogP contribution in [0.3, 0.4) is 0 Å². The van der Waals surface area contributed by atoms with E-state index in [0.29, 0.717) is 16.9 Å². The quantitative estimate of drug-likeness (QED) is 0.525. The molecule has 4 saturated carbocycles. The van der Waals surface area contributed by atoms with E-state index in [1.54, 1.807) is 0 Å². The highest BCUT2D eigenvalue weighted by Crippen LogP contribution is 2.74. The molecule has 10 atom stereocenters. The smallest absolute Gasteiger partial charge is 0.103 e. The molecule has 29 heavy (non-hydrogen) atoms. The van der Waals surface area contributed by atoms with Crippen LogP contribution in [-0.4, -0.2) is 22.9 Å². The molecule has 5 rings (SSSR count). The largest absolute Gasteiger partial charge is 0.393 e. The number of hydrogen-bond acceptors (Lipinski definition) is 2. The van der Waals surface area contributed by atoms with Crippen molar-refractivity contribution in [2.45, 2.75) is 123 Å². The van der Waals surface area contributed by atoms with Gasteiger partial charge in [-0.25, -0.2) is 0 Å². The van der Waals surface area contributed by atoms with Crippen LogP contribution >= 0.6 is 0 Å². The number of aliphatic hydroxyl groups is 1. The Kier molecular flexibility index (Phi) is 4.99. The standard InChI is InChI=1S/C27H46O2/c1-17(2)7-6-8-18(3)21-9-10-22-20-15-24-27(29-24)16-19(28)11-14-26(27,5)23(20)12-13-25(21,22)4/h17-24,28H,6-16H2,1-5H3/t18-,19-,20+,21-,22+,23+,24?,25-,26-,27?/m1/s1. The molecule has 4 aliphatic carbocycles. The van der Waals surface area contributed by atoms with Crippen LogP contribution in [0.15, 0.2) is 0 Å². The molecule has 0 aromatic rings. The fraction of sp³-hybridized carbons (Fsp3) is 1.00. The van der Waals surface area contributed by atoms with Gasteiger partial charge >= 0.3 is 0 Å². The third-order valence-electron chi connectivity index (χ3n) is 11.3. The van der Waals surface area contributed by atoms with Crippen LogP contribution in [0.4, 0.5) is 0 Å². The van der Waals surface area contributed by atoms with Crippen molar-refractivity contribution in [1.29, 1.82) is 0 Å². The SMILES string of the molecule is CC(C)CCC[C@@H](C)[C@H]1CC[C@H]2[C@@H]3CC4OC45C[C@H](O)CC[C@]5(C)[C@H]3CC[C@]12C. The first kappa shape index (κ1) is 20.8. The predicted octanol–water partition coefficient (Wildman–Crippen LogP) is 6.60. The van der Waals surface area contributed by atoms with Gasteiger partial charge in [-0.2, -0.15) is 0 Å². The maximum atomic E-state index is 10.4. The summed E-state index contributed by atoms with van der Waals surface area (Å²) < 4.78 is 6.51. The molecular weight excluding hydrogens is 356 g/mol. The van der Waals surface area contributed by atoms with E-state index in [9.17, 15) is 5.11 Å². The highest BCUT2D eigenvalue weighted by Gasteiger charge is 2.76. The third-order valence-corrected chi connectivity index (χ3v) is 11.3. The summed E-state index contributed by atoms with van der Waals surface area (Å²) in [5, 5.41) is 10.4. The summed E-state index contributed by atoms with van der Waals surface area (Å²) >= 11 is 0. The van der Waals surface area contributed by atoms with Gasteiger partial charge in [-0.3, -0.25) is 0 Å². The predicted molar refractivity (Wildman–Crippen MR) is 119 cm³/mol. The number of ether oxygens (including phenoxy) is 1. The summed E-state index contributed by atoms with van der Waals surface area (Å²) in [7, 11) is 0. The van der Waals surface area contributed by atoms with Crippen LogP contribution in [-0.2, 0) is 4.74 Å². The van der Waals surface area contributed by atoms with E-state index in [-0.39, 0.29) is 11.7 Å². The van der Waals surface area contributed by atoms with E-state index in [0.717, 1.165) is 48.3 Å². The Labute approximate surface area is 179 Å². The van der Waals surface area contributed by atoms with Gasteiger partial charge in [-0.1, -0.05) is 53.9 Å². The zero-order valence-corrected chi connectivity index (χ0v) is 19.8. The molecule has 1 saturated heterocycles. The lowest BCUT2D eigenvalue weighted by molar-refractivity contribution is -0.116. The molecule has 0 radical (unpaired) electrons. The Bertz CT molecular complexity index is 630. The minimum atomic E-state index is -0.124. The van der Waals surface area contributed by atoms with E-state index >= 15 is 0 Å². The van der Waals surface area contributed by atoms with Crippen LogP contribution in [0.2, 0.25) is 0 Å². The average Bonchev–Trinajstić information content (AvgIpc) is 3.22. The van der Waals surface area contributed by atoms with Crippen molar-refractivity contribution in [3.8, 4) is 0 Å². The normalized spacial score (nSPS) is 54.3. The monoisotopic (exact) mass is 402 g/mol. The lowest BCUT2D eigenvalue weighted by Gasteiger charge is -2.59. The second kappa shape index (κ2) is 6.96. The van der Waals surface area contributed by atoms with Gasteiger partial charge in [0.1, 0.15) is 5.60 Å². The van der Waals surface area contributed by atoms with Crippen LogP contribution < -0.4 is 0 Å². The summed E-state index contributed by atoms with van der Waals surface area (Å²) in [5.74, 6) is 5.31. The third kappa shape index (κ3) is 2.94. The molecule has 1 aliphatic heterocycles. The Morgan fingerprint density at radius 3 is 2.52 bits per heavy atom. The molecule has 5 fully saturated rings. The van der Waals surface area contributed by atoms with Crippen molar-refractivity contribution in [2.75, 3.05) is 0 Å². The fourth-order valence-electron chi connectivity index (χ4n) is 9.68. The van der Waals surface area contributed by atoms with E-state index in [1.807, 2.05) is 0 Å². The second-order valence-electron chi connectivity index (χ2n) is 13.0. The molecular formula is C27H46O2. The summed E-state index contributed by atoms with van der Waals surface area (Å²) in [4.78, 5) is 0. The maximum absolute atomic E-state index is 10.4. The number of fused-ring (bicyclic) bond motifs is 4. The molecule has 166 valence electrons. The minimum absolute atomic E-state index is 0.0434. The summed E-state index contributed by atoms with van der Waals surface area (Å²) in [6, 6.07) is 0. The Morgan fingerprint density at radius 2 is 1.76 bits per heavy atom. The highest BCUT2D eigenvalue weighted by atomic mass is 16.6. The number of aliphatic hydroxyl groups excluding tert-OH is 1. The van der Waals surface area contributed by atoms with Crippen molar-refractivity contribution in [3.05, 3.63) is 0 Å². The lowest BCUT2D eigenvalue weighted by atomic mass is 9.44. The number of rotatable bonds is 5.